The quantitative estimate of drug-likeness (QED) is 0.244. The zero-order valence-corrected chi connectivity index (χ0v) is 16.4. The monoisotopic (exact) mass is 355 g/mol. The number of guanidine groups is 1. The maximum absolute atomic E-state index is 11.4. The Morgan fingerprint density at radius 3 is 2.52 bits per heavy atom. The predicted molar refractivity (Wildman–Crippen MR) is 102 cm³/mol. The van der Waals surface area contributed by atoms with Gasteiger partial charge in [-0.2, -0.15) is 0 Å². The van der Waals surface area contributed by atoms with Gasteiger partial charge in [0.25, 0.3) is 0 Å². The molecule has 0 spiro atoms. The molecule has 0 aromatic carbocycles. The second-order valence-electron chi connectivity index (χ2n) is 6.68. The Morgan fingerprint density at radius 2 is 1.88 bits per heavy atom. The van der Waals surface area contributed by atoms with Crippen molar-refractivity contribution in [1.29, 1.82) is 0 Å². The zero-order chi connectivity index (χ0) is 18.4. The molecule has 1 fully saturated rings. The maximum Gasteiger partial charge on any atom is 0.305 e. The van der Waals surface area contributed by atoms with E-state index in [4.69, 9.17) is 14.5 Å². The largest absolute Gasteiger partial charge is 0.466 e. The van der Waals surface area contributed by atoms with Crippen LogP contribution in [-0.4, -0.2) is 51.4 Å². The molecule has 0 bridgehead atoms. The summed E-state index contributed by atoms with van der Waals surface area (Å²) in [4.78, 5) is 16.2. The van der Waals surface area contributed by atoms with Gasteiger partial charge in [0.15, 0.2) is 5.96 Å². The Kier molecular flexibility index (Phi) is 11.3. The molecule has 2 N–H and O–H groups in total. The lowest BCUT2D eigenvalue weighted by Gasteiger charge is -2.27. The first-order chi connectivity index (χ1) is 12.2. The van der Waals surface area contributed by atoms with Gasteiger partial charge in [-0.05, 0) is 51.9 Å². The fourth-order valence-corrected chi connectivity index (χ4v) is 3.31. The van der Waals surface area contributed by atoms with Crippen molar-refractivity contribution in [2.24, 2.45) is 10.4 Å². The lowest BCUT2D eigenvalue weighted by Crippen LogP contribution is -2.39. The molecule has 0 atom stereocenters. The number of rotatable bonds is 12. The van der Waals surface area contributed by atoms with Gasteiger partial charge in [-0.3, -0.25) is 9.79 Å². The topological polar surface area (TPSA) is 72.0 Å². The number of carbonyl (C=O) groups excluding carboxylic acids is 1. The summed E-state index contributed by atoms with van der Waals surface area (Å²) in [5.41, 5.74) is 0.294. The second-order valence-corrected chi connectivity index (χ2v) is 6.68. The third kappa shape index (κ3) is 9.10. The van der Waals surface area contributed by atoms with E-state index in [0.29, 0.717) is 18.4 Å². The van der Waals surface area contributed by atoms with Gasteiger partial charge < -0.3 is 20.1 Å². The summed E-state index contributed by atoms with van der Waals surface area (Å²) in [5.74, 6) is 0.709. The molecule has 0 amide bonds. The second kappa shape index (κ2) is 13.0. The van der Waals surface area contributed by atoms with E-state index in [0.717, 1.165) is 51.6 Å². The Bertz CT molecular complexity index is 393. The first kappa shape index (κ1) is 21.7. The summed E-state index contributed by atoms with van der Waals surface area (Å²) in [5, 5.41) is 6.62. The number of hydrogen-bond acceptors (Lipinski definition) is 4. The molecule has 0 aromatic rings. The number of nitrogens with one attached hydrogen (secondary N) is 2. The number of esters is 1. The normalized spacial score (nSPS) is 16.7. The molecule has 1 aliphatic carbocycles. The van der Waals surface area contributed by atoms with Crippen LogP contribution in [0.4, 0.5) is 0 Å². The van der Waals surface area contributed by atoms with Crippen molar-refractivity contribution in [2.75, 3.05) is 39.5 Å². The van der Waals surface area contributed by atoms with Gasteiger partial charge >= 0.3 is 5.97 Å². The Labute approximate surface area is 153 Å². The average molecular weight is 356 g/mol. The third-order valence-corrected chi connectivity index (χ3v) is 4.72. The lowest BCUT2D eigenvalue weighted by atomic mass is 9.83. The molecule has 1 rings (SSSR count). The maximum atomic E-state index is 11.4. The molecular formula is C19H37N3O3. The minimum atomic E-state index is -0.132. The number of hydrogen-bond donors (Lipinski definition) is 2. The summed E-state index contributed by atoms with van der Waals surface area (Å²) < 4.78 is 10.5. The van der Waals surface area contributed by atoms with Crippen LogP contribution in [0.5, 0.6) is 0 Å². The van der Waals surface area contributed by atoms with Crippen molar-refractivity contribution >= 4 is 11.9 Å². The van der Waals surface area contributed by atoms with Crippen LogP contribution in [0.2, 0.25) is 0 Å². The smallest absolute Gasteiger partial charge is 0.305 e. The lowest BCUT2D eigenvalue weighted by molar-refractivity contribution is -0.143. The van der Waals surface area contributed by atoms with E-state index >= 15 is 0 Å². The van der Waals surface area contributed by atoms with Gasteiger partial charge in [0.1, 0.15) is 0 Å². The van der Waals surface area contributed by atoms with Crippen LogP contribution in [0.3, 0.4) is 0 Å². The third-order valence-electron chi connectivity index (χ3n) is 4.72. The van der Waals surface area contributed by atoms with Crippen molar-refractivity contribution < 1.29 is 14.3 Å². The standard InChI is InChI=1S/C19H37N3O3/c1-4-20-18(21-14-9-10-17(23)25-6-3)22-16-19(11-7-8-12-19)13-15-24-5-2/h4-16H2,1-3H3,(H2,20,21,22). The van der Waals surface area contributed by atoms with Crippen LogP contribution in [0.15, 0.2) is 4.99 Å². The zero-order valence-electron chi connectivity index (χ0n) is 16.4. The van der Waals surface area contributed by atoms with Crippen molar-refractivity contribution in [3.63, 3.8) is 0 Å². The summed E-state index contributed by atoms with van der Waals surface area (Å²) in [6, 6.07) is 0. The van der Waals surface area contributed by atoms with Gasteiger partial charge in [-0.15, -0.1) is 0 Å². The first-order valence-corrected chi connectivity index (χ1v) is 9.91. The predicted octanol–water partition coefficient (Wildman–Crippen LogP) is 2.87. The summed E-state index contributed by atoms with van der Waals surface area (Å²) in [6.45, 7) is 10.4. The highest BCUT2D eigenvalue weighted by molar-refractivity contribution is 5.79. The summed E-state index contributed by atoms with van der Waals surface area (Å²) >= 11 is 0. The molecule has 0 aromatic heterocycles. The van der Waals surface area contributed by atoms with Crippen LogP contribution >= 0.6 is 0 Å². The van der Waals surface area contributed by atoms with E-state index in [-0.39, 0.29) is 5.97 Å². The number of nitrogens with zero attached hydrogens (tertiary/aromatic N) is 1. The molecule has 146 valence electrons. The first-order valence-electron chi connectivity index (χ1n) is 9.91. The molecule has 1 saturated carbocycles. The van der Waals surface area contributed by atoms with Crippen LogP contribution in [0.1, 0.15) is 65.7 Å². The average Bonchev–Trinajstić information content (AvgIpc) is 3.06. The van der Waals surface area contributed by atoms with Crippen LogP contribution in [0, 0.1) is 5.41 Å². The highest BCUT2D eigenvalue weighted by Gasteiger charge is 2.33. The Balaban J connectivity index is 2.45. The highest BCUT2D eigenvalue weighted by Crippen LogP contribution is 2.41. The van der Waals surface area contributed by atoms with Gasteiger partial charge in [0.2, 0.25) is 0 Å². The SMILES string of the molecule is CCNC(=NCC1(CCOCC)CCCC1)NCCCC(=O)OCC. The van der Waals surface area contributed by atoms with Gasteiger partial charge in [0.05, 0.1) is 6.61 Å². The van der Waals surface area contributed by atoms with Gasteiger partial charge in [-0.25, -0.2) is 0 Å². The molecule has 6 heteroatoms. The van der Waals surface area contributed by atoms with Crippen molar-refractivity contribution in [1.82, 2.24) is 10.6 Å². The minimum absolute atomic E-state index is 0.132. The molecule has 0 heterocycles. The number of carbonyl (C=O) groups is 1. The molecule has 0 saturated heterocycles. The molecule has 6 nitrogen and oxygen atoms in total. The Hall–Kier alpha value is -1.30. The van der Waals surface area contributed by atoms with Crippen LogP contribution < -0.4 is 10.6 Å². The van der Waals surface area contributed by atoms with Crippen molar-refractivity contribution in [2.45, 2.75) is 65.7 Å². The summed E-state index contributed by atoms with van der Waals surface area (Å²) in [7, 11) is 0. The van der Waals surface area contributed by atoms with E-state index in [1.54, 1.807) is 0 Å². The van der Waals surface area contributed by atoms with Crippen molar-refractivity contribution in [3.05, 3.63) is 0 Å². The molecule has 1 aliphatic rings. The molecule has 25 heavy (non-hydrogen) atoms. The van der Waals surface area contributed by atoms with E-state index in [1.807, 2.05) is 13.8 Å². The highest BCUT2D eigenvalue weighted by atomic mass is 16.5. The van der Waals surface area contributed by atoms with Crippen LogP contribution in [0.25, 0.3) is 0 Å². The fraction of sp³-hybridized carbons (Fsp3) is 0.895. The van der Waals surface area contributed by atoms with E-state index in [2.05, 4.69) is 17.6 Å². The minimum Gasteiger partial charge on any atom is -0.466 e. The van der Waals surface area contributed by atoms with Crippen LogP contribution in [-0.2, 0) is 14.3 Å². The van der Waals surface area contributed by atoms with E-state index < -0.39 is 0 Å². The molecule has 0 unspecified atom stereocenters. The molecular weight excluding hydrogens is 318 g/mol. The van der Waals surface area contributed by atoms with Gasteiger partial charge in [-0.1, -0.05) is 12.8 Å². The molecule has 0 aliphatic heterocycles. The number of ether oxygens (including phenoxy) is 2. The van der Waals surface area contributed by atoms with Gasteiger partial charge in [0, 0.05) is 39.3 Å². The fourth-order valence-electron chi connectivity index (χ4n) is 3.31. The van der Waals surface area contributed by atoms with E-state index in [9.17, 15) is 4.79 Å². The van der Waals surface area contributed by atoms with E-state index in [1.165, 1.54) is 25.7 Å². The van der Waals surface area contributed by atoms with Crippen molar-refractivity contribution in [3.8, 4) is 0 Å². The number of aliphatic imine (C=N–C) groups is 1. The summed E-state index contributed by atoms with van der Waals surface area (Å²) in [6.07, 6.45) is 7.36. The molecule has 0 radical (unpaired) electrons. The Morgan fingerprint density at radius 1 is 1.12 bits per heavy atom.